The maximum atomic E-state index is 12.6. The van der Waals surface area contributed by atoms with Gasteiger partial charge >= 0.3 is 0 Å². The maximum absolute atomic E-state index is 12.6. The van der Waals surface area contributed by atoms with Crippen LogP contribution in [0.25, 0.3) is 5.69 Å². The minimum absolute atomic E-state index is 0.0546. The predicted molar refractivity (Wildman–Crippen MR) is 118 cm³/mol. The molecule has 2 amide bonds. The molecule has 0 aliphatic carbocycles. The summed E-state index contributed by atoms with van der Waals surface area (Å²) in [5.41, 5.74) is 3.96. The summed E-state index contributed by atoms with van der Waals surface area (Å²) >= 11 is 0. The molecule has 0 spiro atoms. The Morgan fingerprint density at radius 3 is 2.35 bits per heavy atom. The van der Waals surface area contributed by atoms with Gasteiger partial charge in [-0.05, 0) is 43.7 Å². The lowest BCUT2D eigenvalue weighted by molar-refractivity contribution is -0.130. The van der Waals surface area contributed by atoms with Crippen molar-refractivity contribution in [3.8, 4) is 5.69 Å². The highest BCUT2D eigenvalue weighted by Gasteiger charge is 2.23. The fraction of sp³-hybridized carbons (Fsp3) is 0.304. The zero-order valence-electron chi connectivity index (χ0n) is 17.8. The first-order valence-electron chi connectivity index (χ1n) is 10.4. The van der Waals surface area contributed by atoms with E-state index in [4.69, 9.17) is 0 Å². The molecule has 1 aliphatic rings. The molecule has 1 aromatic heterocycles. The molecule has 0 atom stereocenters. The Balaban J connectivity index is 1.32. The van der Waals surface area contributed by atoms with E-state index in [1.54, 1.807) is 16.5 Å². The van der Waals surface area contributed by atoms with Crippen molar-refractivity contribution in [1.29, 1.82) is 0 Å². The molecular formula is C23H26N6O2. The van der Waals surface area contributed by atoms with Gasteiger partial charge in [0.25, 0.3) is 5.91 Å². The lowest BCUT2D eigenvalue weighted by Crippen LogP contribution is -2.51. The first-order valence-corrected chi connectivity index (χ1v) is 10.4. The standard InChI is InChI=1S/C23H26N6O2/c1-17-7-6-10-20(15-17)29-18(2)22(25-26-29)23(31)24-16-21(30)28-13-11-27(12-14-28)19-8-4-3-5-9-19/h3-10,15H,11-14,16H2,1-2H3,(H,24,31). The zero-order chi connectivity index (χ0) is 21.8. The second-order valence-corrected chi connectivity index (χ2v) is 7.66. The molecule has 1 N–H and O–H groups in total. The SMILES string of the molecule is Cc1cccc(-n2nnc(C(=O)NCC(=O)N3CCN(c4ccccc4)CC3)c2C)c1. The number of carbonyl (C=O) groups excluding carboxylic acids is 2. The van der Waals surface area contributed by atoms with Gasteiger partial charge in [0, 0.05) is 31.9 Å². The van der Waals surface area contributed by atoms with Crippen LogP contribution in [0.5, 0.6) is 0 Å². The Hall–Kier alpha value is -3.68. The van der Waals surface area contributed by atoms with E-state index in [2.05, 4.69) is 32.7 Å². The van der Waals surface area contributed by atoms with Gasteiger partial charge in [-0.15, -0.1) is 5.10 Å². The molecule has 1 fully saturated rings. The fourth-order valence-corrected chi connectivity index (χ4v) is 3.75. The van der Waals surface area contributed by atoms with Gasteiger partial charge in [-0.25, -0.2) is 4.68 Å². The summed E-state index contributed by atoms with van der Waals surface area (Å²) in [5.74, 6) is -0.488. The lowest BCUT2D eigenvalue weighted by Gasteiger charge is -2.36. The Kier molecular flexibility index (Phi) is 5.97. The van der Waals surface area contributed by atoms with E-state index >= 15 is 0 Å². The summed E-state index contributed by atoms with van der Waals surface area (Å²) in [4.78, 5) is 29.2. The van der Waals surface area contributed by atoms with Crippen molar-refractivity contribution in [2.24, 2.45) is 0 Å². The highest BCUT2D eigenvalue weighted by molar-refractivity contribution is 5.95. The number of aromatic nitrogens is 3. The van der Waals surface area contributed by atoms with E-state index in [0.717, 1.165) is 30.0 Å². The van der Waals surface area contributed by atoms with Gasteiger partial charge < -0.3 is 15.1 Å². The number of anilines is 1. The molecule has 8 nitrogen and oxygen atoms in total. The molecule has 1 saturated heterocycles. The second kappa shape index (κ2) is 8.99. The van der Waals surface area contributed by atoms with Crippen molar-refractivity contribution in [3.63, 3.8) is 0 Å². The maximum Gasteiger partial charge on any atom is 0.274 e. The second-order valence-electron chi connectivity index (χ2n) is 7.66. The number of piperazine rings is 1. The van der Waals surface area contributed by atoms with Crippen molar-refractivity contribution >= 4 is 17.5 Å². The average molecular weight is 419 g/mol. The van der Waals surface area contributed by atoms with E-state index in [1.165, 1.54) is 0 Å². The molecule has 0 radical (unpaired) electrons. The molecule has 8 heteroatoms. The van der Waals surface area contributed by atoms with Gasteiger partial charge in [0.15, 0.2) is 5.69 Å². The van der Waals surface area contributed by atoms with Crippen molar-refractivity contribution in [2.45, 2.75) is 13.8 Å². The number of hydrogen-bond acceptors (Lipinski definition) is 5. The van der Waals surface area contributed by atoms with Crippen LogP contribution in [0.15, 0.2) is 54.6 Å². The Morgan fingerprint density at radius 2 is 1.65 bits per heavy atom. The van der Waals surface area contributed by atoms with E-state index in [0.29, 0.717) is 18.8 Å². The van der Waals surface area contributed by atoms with Crippen LogP contribution in [-0.4, -0.2) is 64.4 Å². The average Bonchev–Trinajstić information content (AvgIpc) is 3.19. The lowest BCUT2D eigenvalue weighted by atomic mass is 10.2. The summed E-state index contributed by atoms with van der Waals surface area (Å²) in [5, 5.41) is 10.8. The summed E-state index contributed by atoms with van der Waals surface area (Å²) in [6, 6.07) is 18.0. The van der Waals surface area contributed by atoms with Crippen LogP contribution >= 0.6 is 0 Å². The van der Waals surface area contributed by atoms with Crippen molar-refractivity contribution in [1.82, 2.24) is 25.2 Å². The van der Waals surface area contributed by atoms with Gasteiger partial charge in [-0.1, -0.05) is 35.5 Å². The van der Waals surface area contributed by atoms with Crippen molar-refractivity contribution < 1.29 is 9.59 Å². The summed E-state index contributed by atoms with van der Waals surface area (Å²) in [7, 11) is 0. The van der Waals surface area contributed by atoms with Gasteiger partial charge in [0.1, 0.15) is 0 Å². The summed E-state index contributed by atoms with van der Waals surface area (Å²) in [6.07, 6.45) is 0. The molecule has 31 heavy (non-hydrogen) atoms. The molecule has 2 aromatic carbocycles. The third-order valence-corrected chi connectivity index (χ3v) is 5.51. The quantitative estimate of drug-likeness (QED) is 0.685. The minimum atomic E-state index is -0.396. The molecule has 2 heterocycles. The van der Waals surface area contributed by atoms with Gasteiger partial charge in [0.05, 0.1) is 17.9 Å². The van der Waals surface area contributed by atoms with Gasteiger partial charge in [-0.2, -0.15) is 0 Å². The smallest absolute Gasteiger partial charge is 0.274 e. The monoisotopic (exact) mass is 418 g/mol. The number of nitrogens with one attached hydrogen (secondary N) is 1. The largest absolute Gasteiger partial charge is 0.368 e. The molecule has 4 rings (SSSR count). The molecule has 0 bridgehead atoms. The van der Waals surface area contributed by atoms with E-state index in [9.17, 15) is 9.59 Å². The zero-order valence-corrected chi connectivity index (χ0v) is 17.8. The van der Waals surface area contributed by atoms with Crippen molar-refractivity contribution in [3.05, 3.63) is 71.5 Å². The Morgan fingerprint density at radius 1 is 0.935 bits per heavy atom. The van der Waals surface area contributed by atoms with Crippen LogP contribution in [-0.2, 0) is 4.79 Å². The third-order valence-electron chi connectivity index (χ3n) is 5.51. The molecule has 0 unspecified atom stereocenters. The van der Waals surface area contributed by atoms with Gasteiger partial charge in [0.2, 0.25) is 5.91 Å². The first kappa shape index (κ1) is 20.6. The van der Waals surface area contributed by atoms with Crippen molar-refractivity contribution in [2.75, 3.05) is 37.6 Å². The predicted octanol–water partition coefficient (Wildman–Crippen LogP) is 1.96. The van der Waals surface area contributed by atoms with E-state index in [1.807, 2.05) is 49.4 Å². The van der Waals surface area contributed by atoms with Crippen LogP contribution in [0.4, 0.5) is 5.69 Å². The van der Waals surface area contributed by atoms with Crippen LogP contribution < -0.4 is 10.2 Å². The number of amides is 2. The summed E-state index contributed by atoms with van der Waals surface area (Å²) in [6.45, 7) is 6.54. The number of aryl methyl sites for hydroxylation is 1. The van der Waals surface area contributed by atoms with Crippen LogP contribution in [0.2, 0.25) is 0 Å². The highest BCUT2D eigenvalue weighted by atomic mass is 16.2. The number of rotatable bonds is 5. The molecule has 160 valence electrons. The van der Waals surface area contributed by atoms with Gasteiger partial charge in [-0.3, -0.25) is 9.59 Å². The minimum Gasteiger partial charge on any atom is -0.368 e. The number of nitrogens with zero attached hydrogens (tertiary/aromatic N) is 5. The fourth-order valence-electron chi connectivity index (χ4n) is 3.75. The van der Waals surface area contributed by atoms with E-state index < -0.39 is 5.91 Å². The Bertz CT molecular complexity index is 1070. The normalized spacial score (nSPS) is 13.9. The summed E-state index contributed by atoms with van der Waals surface area (Å²) < 4.78 is 1.63. The topological polar surface area (TPSA) is 83.4 Å². The highest BCUT2D eigenvalue weighted by Crippen LogP contribution is 2.16. The molecule has 0 saturated carbocycles. The molecule has 3 aromatic rings. The van der Waals surface area contributed by atoms with Crippen LogP contribution in [0.1, 0.15) is 21.7 Å². The van der Waals surface area contributed by atoms with Crippen LogP contribution in [0.3, 0.4) is 0 Å². The molecule has 1 aliphatic heterocycles. The number of carbonyl (C=O) groups is 2. The van der Waals surface area contributed by atoms with Crippen LogP contribution in [0, 0.1) is 13.8 Å². The first-order chi connectivity index (χ1) is 15.0. The molecular weight excluding hydrogens is 392 g/mol. The third kappa shape index (κ3) is 4.58. The number of hydrogen-bond donors (Lipinski definition) is 1. The number of para-hydroxylation sites is 1. The Labute approximate surface area is 181 Å². The number of benzene rings is 2. The van der Waals surface area contributed by atoms with E-state index in [-0.39, 0.29) is 18.1 Å².